The van der Waals surface area contributed by atoms with Crippen molar-refractivity contribution >= 4 is 86.0 Å². The summed E-state index contributed by atoms with van der Waals surface area (Å²) in [7, 11) is -56.5. The van der Waals surface area contributed by atoms with E-state index in [1.54, 1.807) is 0 Å². The lowest BCUT2D eigenvalue weighted by Gasteiger charge is -2.27. The van der Waals surface area contributed by atoms with E-state index < -0.39 is 256 Å². The highest BCUT2D eigenvalue weighted by molar-refractivity contribution is 7.48. The summed E-state index contributed by atoms with van der Waals surface area (Å²) in [5, 5.41) is 8.79. The molecule has 0 aliphatic rings. The summed E-state index contributed by atoms with van der Waals surface area (Å²) in [6.07, 6.45) is 0. The molecule has 0 aromatic rings. The molecule has 526 valence electrons. The van der Waals surface area contributed by atoms with E-state index in [0.717, 1.165) is 0 Å². The van der Waals surface area contributed by atoms with Crippen molar-refractivity contribution in [2.45, 2.75) is 6.92 Å². The highest BCUT2D eigenvalue weighted by atomic mass is 31.2. The Bertz CT molecular complexity index is 2450. The van der Waals surface area contributed by atoms with Gasteiger partial charge in [-0.05, 0) is 6.92 Å². The summed E-state index contributed by atoms with van der Waals surface area (Å²) in [6, 6.07) is 0. The zero-order valence-corrected chi connectivity index (χ0v) is 54.1. The van der Waals surface area contributed by atoms with Crippen molar-refractivity contribution in [2.75, 3.05) is 159 Å². The van der Waals surface area contributed by atoms with Gasteiger partial charge in [-0.3, -0.25) is 63.4 Å². The molecule has 14 atom stereocenters. The highest BCUT2D eigenvalue weighted by Crippen LogP contribution is 2.46. The first-order chi connectivity index (χ1) is 39.8. The number of hydrogen-bond donors (Lipinski definition) is 3. The third-order valence-corrected chi connectivity index (χ3v) is 17.5. The number of alkyl halides is 3. The average molecular weight is 1510 g/mol. The number of aliphatic hydroxyl groups excluding tert-OH is 1. The van der Waals surface area contributed by atoms with Gasteiger partial charge in [0.25, 0.3) is 86.0 Å². The highest BCUT2D eigenvalue weighted by Gasteiger charge is 2.22. The summed E-state index contributed by atoms with van der Waals surface area (Å²) in [4.78, 5) is 142. The number of rotatable bonds is 56. The molecule has 0 bridgehead atoms. The Morgan fingerprint density at radius 3 is 0.575 bits per heavy atom. The van der Waals surface area contributed by atoms with Crippen molar-refractivity contribution in [2.24, 2.45) is 17.8 Å². The largest absolute Gasteiger partial charge is 0.756 e. The maximum atomic E-state index is 12.8. The van der Waals surface area contributed by atoms with Gasteiger partial charge in [-0.1, -0.05) is 0 Å². The van der Waals surface area contributed by atoms with Crippen molar-refractivity contribution in [3.05, 3.63) is 0 Å². The second kappa shape index (κ2) is 44.7. The molecule has 0 spiro atoms. The Labute approximate surface area is 491 Å². The molecule has 0 aromatic carbocycles. The fraction of sp³-hybridized carbons (Fsp3) is 1.00. The van der Waals surface area contributed by atoms with E-state index in [4.69, 9.17) is 14.9 Å². The zero-order chi connectivity index (χ0) is 67.3. The van der Waals surface area contributed by atoms with E-state index in [0.29, 0.717) is 0 Å². The summed E-state index contributed by atoms with van der Waals surface area (Å²) in [5.74, 6) is -3.79. The first-order valence-electron chi connectivity index (χ1n) is 22.8. The van der Waals surface area contributed by atoms with Crippen LogP contribution in [0.25, 0.3) is 0 Å². The van der Waals surface area contributed by atoms with Crippen LogP contribution in [0.2, 0.25) is 0 Å². The van der Waals surface area contributed by atoms with E-state index in [1.807, 2.05) is 0 Å². The van der Waals surface area contributed by atoms with Crippen molar-refractivity contribution in [3.8, 4) is 0 Å². The third-order valence-electron chi connectivity index (χ3n) is 7.63. The van der Waals surface area contributed by atoms with Crippen LogP contribution < -0.4 is 53.8 Å². The van der Waals surface area contributed by atoms with Gasteiger partial charge in [0.1, 0.15) is 0 Å². The maximum absolute atomic E-state index is 12.8. The lowest BCUT2D eigenvalue weighted by molar-refractivity contribution is -0.238. The van der Waals surface area contributed by atoms with Crippen molar-refractivity contribution in [1.82, 2.24) is 0 Å². The topological polar surface area (TPSA) is 687 Å². The van der Waals surface area contributed by atoms with E-state index in [9.17, 15) is 117 Å². The molecule has 59 heteroatoms. The molecule has 45 nitrogen and oxygen atoms in total. The Morgan fingerprint density at radius 2 is 0.425 bits per heavy atom. The molecule has 0 saturated carbocycles. The van der Waals surface area contributed by atoms with E-state index in [1.165, 1.54) is 6.92 Å². The van der Waals surface area contributed by atoms with Crippen molar-refractivity contribution in [3.63, 3.8) is 0 Å². The average Bonchev–Trinajstić information content (AvgIpc) is 3.55. The van der Waals surface area contributed by atoms with Gasteiger partial charge in [-0.2, -0.15) is 0 Å². The summed E-state index contributed by atoms with van der Waals surface area (Å²) in [5.41, 5.74) is 0. The predicted octanol–water partition coefficient (Wildman–Crippen LogP) is -4.79. The molecule has 0 fully saturated rings. The van der Waals surface area contributed by atoms with Crippen LogP contribution in [0, 0.1) is 17.8 Å². The van der Waals surface area contributed by atoms with Crippen LogP contribution in [0.3, 0.4) is 0 Å². The first-order valence-corrected chi connectivity index (χ1v) is 39.0. The molecule has 0 saturated heterocycles. The molecule has 0 aliphatic heterocycles. The van der Waals surface area contributed by atoms with Crippen LogP contribution in [-0.2, 0) is 141 Å². The normalized spacial score (nSPS) is 20.9. The standard InChI is InChI=1S/C22H53F2O37P9.C6H15FO8P2/c23-15-21(17-25)18-60-69(41,42)57-13-11-55-67(37,38)53-9-7-51-65(33,34)49-5-3-47-63(29,30)45-1-2-46-64(31,32)48-4-6-50-66(35,36)52-8-10-54-68(39,40)56-12-14-58-70(43,44)61-20-22(16-24)19-59-62(26,27)28;1-2-13-17(11,12)15-5-6(3-7)4-14-16(8,9)10/h21-22,25H,1-20H2,(H,29,30)(H,31,32)(H,33,34)(H,35,36)(H,37,38)(H,39,40)(H,41,42)(H,43,44)(H2,26,27,28);6H,2-5H2,1H3,(H,11,12)(H2,8,9,10)/p-11. The van der Waals surface area contributed by atoms with Gasteiger partial charge >= 0.3 is 0 Å². The van der Waals surface area contributed by atoms with Crippen LogP contribution in [0.1, 0.15) is 6.92 Å². The monoisotopic (exact) mass is 1510 g/mol. The lowest BCUT2D eigenvalue weighted by Crippen LogP contribution is -2.21. The minimum atomic E-state index is -5.28. The summed E-state index contributed by atoms with van der Waals surface area (Å²) < 4.78 is 248. The molecule has 0 aliphatic carbocycles. The van der Waals surface area contributed by atoms with Gasteiger partial charge in [0.2, 0.25) is 0 Å². The van der Waals surface area contributed by atoms with Gasteiger partial charge in [0, 0.05) is 17.8 Å². The molecule has 0 amide bonds. The number of aliphatic hydroxyl groups is 1. The van der Waals surface area contributed by atoms with Gasteiger partial charge in [-0.25, -0.2) is 0 Å². The first kappa shape index (κ1) is 90.0. The maximum Gasteiger partial charge on any atom is 0.268 e. The molecule has 0 rings (SSSR count). The van der Waals surface area contributed by atoms with Gasteiger partial charge < -0.3 is 159 Å². The van der Waals surface area contributed by atoms with E-state index in [-0.39, 0.29) is 6.61 Å². The second-order valence-corrected chi connectivity index (χ2v) is 29.9. The van der Waals surface area contributed by atoms with Crippen LogP contribution >= 0.6 is 86.0 Å². The molecular formula is C28H57F3O45P11-11. The van der Waals surface area contributed by atoms with E-state index in [2.05, 4.69) is 90.5 Å². The Morgan fingerprint density at radius 1 is 0.276 bits per heavy atom. The predicted molar refractivity (Wildman–Crippen MR) is 248 cm³/mol. The van der Waals surface area contributed by atoms with Crippen molar-refractivity contribution < 1.29 is 223 Å². The van der Waals surface area contributed by atoms with E-state index >= 15 is 0 Å². The van der Waals surface area contributed by atoms with Crippen molar-refractivity contribution in [1.29, 1.82) is 0 Å². The van der Waals surface area contributed by atoms with Gasteiger partial charge in [-0.15, -0.1) is 0 Å². The zero-order valence-electron chi connectivity index (χ0n) is 44.2. The fourth-order valence-electron chi connectivity index (χ4n) is 3.99. The van der Waals surface area contributed by atoms with Crippen LogP contribution in [0.15, 0.2) is 0 Å². The molecule has 0 heterocycles. The second-order valence-electron chi connectivity index (χ2n) is 14.8. The summed E-state index contributed by atoms with van der Waals surface area (Å²) >= 11 is 0. The molecule has 14 unspecified atom stereocenters. The minimum Gasteiger partial charge on any atom is -0.756 e. The van der Waals surface area contributed by atoms with Gasteiger partial charge in [0.15, 0.2) is 0 Å². The van der Waals surface area contributed by atoms with Gasteiger partial charge in [0.05, 0.1) is 159 Å². The molecule has 87 heavy (non-hydrogen) atoms. The number of phosphoric ester groups is 11. The molecule has 0 radical (unpaired) electrons. The number of halogens is 3. The molecular weight excluding hydrogens is 1450 g/mol. The quantitative estimate of drug-likeness (QED) is 0.0380. The number of phosphoric acid groups is 11. The Hall–Kier alpha value is 0.960. The SMILES string of the molecule is CCOP(=O)([O-])OCC(CF)COP(=O)([O-])O.O=P([O-])(O)OCC(CF)COP(=O)([O-])OCCOP(=O)([O-])OCCOP(=O)([O-])OCCOP(=O)([O-])OCCOP(=O)([O-])OCCOP(=O)([O-])OCCOP(=O)([O-])OCCOP(=O)([O-])OCC(CO)CF. The van der Waals surface area contributed by atoms with Crippen LogP contribution in [0.5, 0.6) is 0 Å². The lowest BCUT2D eigenvalue weighted by atomic mass is 10.2. The molecule has 0 aromatic heterocycles. The number of hydrogen-bond acceptors (Lipinski definition) is 43. The third kappa shape index (κ3) is 55.9. The Balaban J connectivity index is 0. The van der Waals surface area contributed by atoms with Crippen LogP contribution in [0.4, 0.5) is 13.2 Å². The Kier molecular flexibility index (Phi) is 46.2. The smallest absolute Gasteiger partial charge is 0.268 e. The fourth-order valence-corrected chi connectivity index (χ4v) is 11.1. The summed E-state index contributed by atoms with van der Waals surface area (Å²) in [6.45, 7) is -21.4. The molecule has 3 N–H and O–H groups in total. The minimum absolute atomic E-state index is 0.135. The van der Waals surface area contributed by atoms with Crippen LogP contribution in [-0.4, -0.2) is 174 Å².